The van der Waals surface area contributed by atoms with Crippen LogP contribution in [0.1, 0.15) is 99.8 Å². The van der Waals surface area contributed by atoms with E-state index >= 15 is 0 Å². The van der Waals surface area contributed by atoms with Crippen molar-refractivity contribution in [2.75, 3.05) is 65.5 Å². The van der Waals surface area contributed by atoms with Gasteiger partial charge in [-0.25, -0.2) is 0 Å². The summed E-state index contributed by atoms with van der Waals surface area (Å²) >= 11 is 0. The first-order valence-corrected chi connectivity index (χ1v) is 15.9. The zero-order chi connectivity index (χ0) is 24.1. The molecule has 0 aromatic carbocycles. The van der Waals surface area contributed by atoms with Crippen LogP contribution in [0.2, 0.25) is 6.04 Å². The molecule has 0 unspecified atom stereocenters. The van der Waals surface area contributed by atoms with E-state index in [1.54, 1.807) is 0 Å². The minimum absolute atomic E-state index is 0.427. The van der Waals surface area contributed by atoms with Crippen LogP contribution in [0.15, 0.2) is 0 Å². The molecule has 0 aliphatic carbocycles. The van der Waals surface area contributed by atoms with Gasteiger partial charge in [0.15, 0.2) is 9.76 Å². The Morgan fingerprint density at radius 1 is 0.562 bits per heavy atom. The first-order chi connectivity index (χ1) is 15.5. The van der Waals surface area contributed by atoms with Crippen LogP contribution < -0.4 is 0 Å². The van der Waals surface area contributed by atoms with Gasteiger partial charge in [-0.3, -0.25) is 0 Å². The predicted molar refractivity (Wildman–Crippen MR) is 148 cm³/mol. The van der Waals surface area contributed by atoms with Gasteiger partial charge in [0.2, 0.25) is 0 Å². The second-order valence-electron chi connectivity index (χ2n) is 9.61. The van der Waals surface area contributed by atoms with Crippen LogP contribution in [0.25, 0.3) is 0 Å². The number of nitrogens with zero attached hydrogens (tertiary/aromatic N) is 3. The zero-order valence-corrected chi connectivity index (χ0v) is 24.8. The minimum atomic E-state index is -0.427. The van der Waals surface area contributed by atoms with Crippen LogP contribution in [-0.4, -0.2) is 90.0 Å². The Labute approximate surface area is 205 Å². The van der Waals surface area contributed by atoms with Crippen molar-refractivity contribution >= 4 is 9.76 Å². The Hall–Kier alpha value is 0.0569. The summed E-state index contributed by atoms with van der Waals surface area (Å²) in [6.45, 7) is 28.0. The largest absolute Gasteiger partial charge is 0.424 e. The fourth-order valence-electron chi connectivity index (χ4n) is 5.04. The quantitative estimate of drug-likeness (QED) is 0.134. The van der Waals surface area contributed by atoms with Crippen LogP contribution in [-0.2, 0) is 4.43 Å². The molecule has 0 saturated carbocycles. The third kappa shape index (κ3) is 15.1. The lowest BCUT2D eigenvalue weighted by atomic mass is 9.76. The van der Waals surface area contributed by atoms with E-state index in [9.17, 15) is 0 Å². The Morgan fingerprint density at radius 2 is 0.938 bits per heavy atom. The summed E-state index contributed by atoms with van der Waals surface area (Å²) in [5.41, 5.74) is 0.506. The van der Waals surface area contributed by atoms with Crippen molar-refractivity contribution in [3.05, 3.63) is 0 Å². The van der Waals surface area contributed by atoms with Crippen molar-refractivity contribution in [1.82, 2.24) is 14.7 Å². The molecule has 0 fully saturated rings. The van der Waals surface area contributed by atoms with Crippen LogP contribution in [0.3, 0.4) is 0 Å². The fraction of sp³-hybridized carbons (Fsp3) is 1.00. The lowest BCUT2D eigenvalue weighted by Gasteiger charge is -2.36. The summed E-state index contributed by atoms with van der Waals surface area (Å²) in [4.78, 5) is 7.81. The molecule has 0 heterocycles. The molecule has 0 spiro atoms. The van der Waals surface area contributed by atoms with Gasteiger partial charge in [-0.2, -0.15) is 0 Å². The van der Waals surface area contributed by atoms with Crippen molar-refractivity contribution in [2.24, 2.45) is 5.41 Å². The Kier molecular flexibility index (Phi) is 21.6. The van der Waals surface area contributed by atoms with Crippen LogP contribution >= 0.6 is 0 Å². The molecule has 0 aromatic heterocycles. The average molecular weight is 472 g/mol. The SMILES string of the molecule is CCCCO[SiH2]CC(CCCN(CC)CC)(CCCN(CC)CC)CCCN(CC)CC. The van der Waals surface area contributed by atoms with E-state index in [1.165, 1.54) is 116 Å². The molecule has 0 radical (unpaired) electrons. The highest BCUT2D eigenvalue weighted by molar-refractivity contribution is 6.27. The number of hydrogen-bond acceptors (Lipinski definition) is 4. The zero-order valence-electron chi connectivity index (χ0n) is 23.4. The number of hydrogen-bond donors (Lipinski definition) is 0. The summed E-state index contributed by atoms with van der Waals surface area (Å²) in [7, 11) is -0.427. The maximum absolute atomic E-state index is 6.25. The van der Waals surface area contributed by atoms with Crippen molar-refractivity contribution in [3.63, 3.8) is 0 Å². The van der Waals surface area contributed by atoms with E-state index in [2.05, 4.69) is 63.2 Å². The monoisotopic (exact) mass is 471 g/mol. The molecule has 0 rings (SSSR count). The average Bonchev–Trinajstić information content (AvgIpc) is 2.82. The molecular weight excluding hydrogens is 410 g/mol. The highest BCUT2D eigenvalue weighted by Crippen LogP contribution is 2.39. The maximum atomic E-state index is 6.25. The molecule has 0 N–H and O–H groups in total. The van der Waals surface area contributed by atoms with Gasteiger partial charge in [0.1, 0.15) is 0 Å². The van der Waals surface area contributed by atoms with E-state index in [0.29, 0.717) is 5.41 Å². The van der Waals surface area contributed by atoms with Gasteiger partial charge in [0.25, 0.3) is 0 Å². The Morgan fingerprint density at radius 3 is 1.25 bits per heavy atom. The maximum Gasteiger partial charge on any atom is 0.162 e. The standard InChI is InChI=1S/C27H61N3OSi/c1-8-15-25-31-32-26-27(19-16-22-28(9-2)10-3,20-17-23-29(11-4)12-5)21-18-24-30(13-6)14-7/h8-26,32H2,1-7H3. The van der Waals surface area contributed by atoms with E-state index < -0.39 is 9.76 Å². The second-order valence-corrected chi connectivity index (χ2v) is 10.9. The van der Waals surface area contributed by atoms with Gasteiger partial charge in [0, 0.05) is 6.61 Å². The van der Waals surface area contributed by atoms with Gasteiger partial charge < -0.3 is 19.1 Å². The first kappa shape index (κ1) is 32.1. The highest BCUT2D eigenvalue weighted by atomic mass is 28.2. The highest BCUT2D eigenvalue weighted by Gasteiger charge is 2.29. The molecule has 0 amide bonds. The third-order valence-electron chi connectivity index (χ3n) is 7.65. The molecule has 4 nitrogen and oxygen atoms in total. The van der Waals surface area contributed by atoms with Crippen LogP contribution in [0.4, 0.5) is 0 Å². The van der Waals surface area contributed by atoms with Crippen molar-refractivity contribution in [3.8, 4) is 0 Å². The van der Waals surface area contributed by atoms with E-state index in [-0.39, 0.29) is 0 Å². The number of unbranched alkanes of at least 4 members (excludes halogenated alkanes) is 1. The minimum Gasteiger partial charge on any atom is -0.424 e. The van der Waals surface area contributed by atoms with Gasteiger partial charge in [-0.05, 0) is 115 Å². The summed E-state index contributed by atoms with van der Waals surface area (Å²) in [6.07, 6.45) is 10.7. The van der Waals surface area contributed by atoms with E-state index in [0.717, 1.165) is 6.61 Å². The molecule has 0 aliphatic heterocycles. The van der Waals surface area contributed by atoms with Crippen molar-refractivity contribution in [2.45, 2.75) is 106 Å². The van der Waals surface area contributed by atoms with E-state index in [4.69, 9.17) is 4.43 Å². The molecule has 194 valence electrons. The van der Waals surface area contributed by atoms with Gasteiger partial charge in [0.05, 0.1) is 0 Å². The molecule has 5 heteroatoms. The number of rotatable bonds is 24. The lowest BCUT2D eigenvalue weighted by Crippen LogP contribution is -2.31. The summed E-state index contributed by atoms with van der Waals surface area (Å²) in [5, 5.41) is 0. The Balaban J connectivity index is 5.17. The molecule has 0 saturated heterocycles. The van der Waals surface area contributed by atoms with Crippen molar-refractivity contribution < 1.29 is 4.43 Å². The first-order valence-electron chi connectivity index (χ1n) is 14.3. The topological polar surface area (TPSA) is 19.0 Å². The van der Waals surface area contributed by atoms with Gasteiger partial charge in [-0.15, -0.1) is 0 Å². The molecule has 0 aliphatic rings. The molecule has 0 aromatic rings. The van der Waals surface area contributed by atoms with Gasteiger partial charge in [-0.1, -0.05) is 54.9 Å². The second kappa shape index (κ2) is 21.6. The third-order valence-corrected chi connectivity index (χ3v) is 9.49. The smallest absolute Gasteiger partial charge is 0.162 e. The lowest BCUT2D eigenvalue weighted by molar-refractivity contribution is 0.176. The van der Waals surface area contributed by atoms with Crippen LogP contribution in [0, 0.1) is 5.41 Å². The molecular formula is C27H61N3OSi. The van der Waals surface area contributed by atoms with E-state index in [1.807, 2.05) is 0 Å². The van der Waals surface area contributed by atoms with Crippen molar-refractivity contribution in [1.29, 1.82) is 0 Å². The van der Waals surface area contributed by atoms with Gasteiger partial charge >= 0.3 is 0 Å². The fourth-order valence-corrected chi connectivity index (χ4v) is 6.78. The normalized spacial score (nSPS) is 12.9. The molecule has 32 heavy (non-hydrogen) atoms. The summed E-state index contributed by atoms with van der Waals surface area (Å²) in [6, 6.07) is 1.38. The van der Waals surface area contributed by atoms with Crippen LogP contribution in [0.5, 0.6) is 0 Å². The summed E-state index contributed by atoms with van der Waals surface area (Å²) < 4.78 is 6.25. The molecule has 0 bridgehead atoms. The predicted octanol–water partition coefficient (Wildman–Crippen LogP) is 5.66. The molecule has 0 atom stereocenters. The Bertz CT molecular complexity index is 340. The summed E-state index contributed by atoms with van der Waals surface area (Å²) in [5.74, 6) is 0.